The van der Waals surface area contributed by atoms with Crippen LogP contribution in [-0.4, -0.2) is 19.0 Å². The predicted octanol–water partition coefficient (Wildman–Crippen LogP) is 3.00. The minimum atomic E-state index is -4.94. The Hall–Kier alpha value is -1.76. The van der Waals surface area contributed by atoms with E-state index in [1.54, 1.807) is 0 Å². The van der Waals surface area contributed by atoms with E-state index in [1.165, 1.54) is 15.3 Å². The second kappa shape index (κ2) is 13.5. The van der Waals surface area contributed by atoms with Gasteiger partial charge in [-0.05, 0) is 23.3 Å². The molecule has 0 bridgehead atoms. The highest BCUT2D eigenvalue weighted by Gasteiger charge is 2.31. The molecular formula is C26H34Cl2N2O4S. The monoisotopic (exact) mass is 540 g/mol. The Labute approximate surface area is 220 Å². The Bertz CT molecular complexity index is 964. The molecule has 0 N–H and O–H groups in total. The average Bonchev–Trinajstić information content (AvgIpc) is 2.73. The first-order valence-electron chi connectivity index (χ1n) is 11.1. The van der Waals surface area contributed by atoms with Crippen LogP contribution in [0.25, 0.3) is 12.2 Å². The van der Waals surface area contributed by atoms with Crippen molar-refractivity contribution < 1.29 is 28.9 Å². The standard InChI is InChI=1S/C26H34ClN2S.ClHO4/c1-25(2,3)23-18-21(19-24(30-23)26(4,5)6)9-8-20-10-12-22(13-11-20)29(17-14-27)16-7-15-28;2-1(3,4)5/h8-13,18-19H,7,14,16-17H2,1-6H3;(H,2,3,4,5)/q+1;/p-1. The fourth-order valence-corrected chi connectivity index (χ4v) is 4.45. The summed E-state index contributed by atoms with van der Waals surface area (Å²) in [6.45, 7) is 15.1. The van der Waals surface area contributed by atoms with E-state index in [2.05, 4.69) is 101 Å². The third-order valence-corrected chi connectivity index (χ3v) is 6.94. The van der Waals surface area contributed by atoms with Crippen molar-refractivity contribution in [3.8, 4) is 6.07 Å². The van der Waals surface area contributed by atoms with Gasteiger partial charge in [0.05, 0.1) is 12.5 Å². The molecule has 0 aliphatic carbocycles. The van der Waals surface area contributed by atoms with Gasteiger partial charge >= 0.3 is 0 Å². The molecule has 6 nitrogen and oxygen atoms in total. The molecule has 192 valence electrons. The molecule has 1 aromatic heterocycles. The molecule has 0 atom stereocenters. The number of nitriles is 1. The molecule has 0 fully saturated rings. The van der Waals surface area contributed by atoms with Crippen molar-refractivity contribution in [2.45, 2.75) is 58.8 Å². The molecule has 0 saturated heterocycles. The molecule has 2 rings (SSSR count). The maximum Gasteiger partial charge on any atom is 0.219 e. The number of alkyl halides is 1. The fraction of sp³-hybridized carbons (Fsp3) is 0.462. The van der Waals surface area contributed by atoms with Gasteiger partial charge in [0.1, 0.15) is 0 Å². The van der Waals surface area contributed by atoms with Crippen LogP contribution in [0.2, 0.25) is 0 Å². The highest BCUT2D eigenvalue weighted by molar-refractivity contribution is 7.12. The highest BCUT2D eigenvalue weighted by Crippen LogP contribution is 2.35. The molecule has 0 spiro atoms. The van der Waals surface area contributed by atoms with Gasteiger partial charge in [-0.3, -0.25) is 0 Å². The predicted molar refractivity (Wildman–Crippen MR) is 135 cm³/mol. The summed E-state index contributed by atoms with van der Waals surface area (Å²) in [5.74, 6) is 0.550. The summed E-state index contributed by atoms with van der Waals surface area (Å²) in [4.78, 5) is 4.96. The Morgan fingerprint density at radius 1 is 0.886 bits per heavy atom. The van der Waals surface area contributed by atoms with Gasteiger partial charge < -0.3 is 4.90 Å². The number of halogens is 2. The molecular weight excluding hydrogens is 507 g/mol. The molecule has 1 heterocycles. The Morgan fingerprint density at radius 3 is 1.74 bits per heavy atom. The van der Waals surface area contributed by atoms with E-state index in [-0.39, 0.29) is 10.8 Å². The maximum atomic E-state index is 8.87. The number of nitrogens with zero attached hydrogens (tertiary/aromatic N) is 2. The minimum absolute atomic E-state index is 0.130. The SMILES string of the molecule is CC(C)(C)c1cc(C=Cc2ccc(N(CCCl)CCC#N)cc2)cc(C(C)(C)C)[s+]1.[O-][Cl+3]([O-])([O-])[O-]. The molecule has 9 heteroatoms. The van der Waals surface area contributed by atoms with Crippen LogP contribution in [0.5, 0.6) is 0 Å². The quantitative estimate of drug-likeness (QED) is 0.393. The lowest BCUT2D eigenvalue weighted by molar-refractivity contribution is -2.00. The number of benzene rings is 1. The Morgan fingerprint density at radius 2 is 1.34 bits per heavy atom. The van der Waals surface area contributed by atoms with Gasteiger partial charge in [0, 0.05) is 47.6 Å². The average molecular weight is 542 g/mol. The van der Waals surface area contributed by atoms with Crippen molar-refractivity contribution in [3.05, 3.63) is 57.3 Å². The van der Waals surface area contributed by atoms with Crippen molar-refractivity contribution in [1.82, 2.24) is 0 Å². The highest BCUT2D eigenvalue weighted by atomic mass is 35.7. The van der Waals surface area contributed by atoms with Crippen molar-refractivity contribution in [2.75, 3.05) is 23.9 Å². The second-order valence-corrected chi connectivity index (χ2v) is 12.2. The Kier molecular flexibility index (Phi) is 12.1. The minimum Gasteiger partial charge on any atom is -0.369 e. The van der Waals surface area contributed by atoms with Crippen molar-refractivity contribution in [1.29, 1.82) is 5.26 Å². The zero-order chi connectivity index (χ0) is 26.9. The lowest BCUT2D eigenvalue weighted by atomic mass is 9.91. The van der Waals surface area contributed by atoms with E-state index in [4.69, 9.17) is 35.5 Å². The molecule has 0 aliphatic heterocycles. The topological polar surface area (TPSA) is 119 Å². The molecule has 0 unspecified atom stereocenters. The number of rotatable bonds is 7. The zero-order valence-electron chi connectivity index (χ0n) is 21.1. The molecule has 0 amide bonds. The summed E-state index contributed by atoms with van der Waals surface area (Å²) in [5, 5.41) is 8.87. The molecule has 1 aromatic carbocycles. The second-order valence-electron chi connectivity index (χ2n) is 10.0. The van der Waals surface area contributed by atoms with Crippen molar-refractivity contribution >= 4 is 40.8 Å². The van der Waals surface area contributed by atoms with Crippen LogP contribution in [0.15, 0.2) is 36.4 Å². The van der Waals surface area contributed by atoms with Gasteiger partial charge in [-0.1, -0.05) is 65.8 Å². The molecule has 2 aromatic rings. The van der Waals surface area contributed by atoms with Crippen molar-refractivity contribution in [2.24, 2.45) is 0 Å². The van der Waals surface area contributed by atoms with Crippen molar-refractivity contribution in [3.63, 3.8) is 0 Å². The number of anilines is 1. The maximum absolute atomic E-state index is 8.87. The van der Waals surface area contributed by atoms with Gasteiger partial charge in [-0.2, -0.15) is 5.26 Å². The molecule has 0 radical (unpaired) electrons. The first-order chi connectivity index (χ1) is 16.0. The van der Waals surface area contributed by atoms with Crippen LogP contribution in [0.3, 0.4) is 0 Å². The number of hydrogen-bond donors (Lipinski definition) is 0. The van der Waals surface area contributed by atoms with Gasteiger partial charge in [-0.25, -0.2) is 18.6 Å². The summed E-state index contributed by atoms with van der Waals surface area (Å²) >= 11 is 7.84. The lowest BCUT2D eigenvalue weighted by Crippen LogP contribution is -2.68. The third kappa shape index (κ3) is 12.7. The molecule has 0 aliphatic rings. The first kappa shape index (κ1) is 31.3. The first-order valence-corrected chi connectivity index (χ1v) is 13.7. The normalized spacial score (nSPS) is 12.2. The van der Waals surface area contributed by atoms with Gasteiger partial charge in [0.2, 0.25) is 21.1 Å². The smallest absolute Gasteiger partial charge is 0.219 e. The Balaban J connectivity index is 0.00000111. The number of hydrogen-bond acceptors (Lipinski definition) is 6. The van der Waals surface area contributed by atoms with Crippen LogP contribution < -0.4 is 23.5 Å². The van der Waals surface area contributed by atoms with E-state index in [9.17, 15) is 0 Å². The summed E-state index contributed by atoms with van der Waals surface area (Å²) in [7, 11) is -4.94. The zero-order valence-corrected chi connectivity index (χ0v) is 23.5. The summed E-state index contributed by atoms with van der Waals surface area (Å²) in [6.07, 6.45) is 4.88. The van der Waals surface area contributed by atoms with Crippen LogP contribution in [0.1, 0.15) is 68.8 Å². The molecule has 35 heavy (non-hydrogen) atoms. The van der Waals surface area contributed by atoms with Gasteiger partial charge in [0.25, 0.3) is 0 Å². The third-order valence-electron chi connectivity index (χ3n) is 4.87. The van der Waals surface area contributed by atoms with Gasteiger partial charge in [-0.15, -0.1) is 21.8 Å². The largest absolute Gasteiger partial charge is 0.369 e. The van der Waals surface area contributed by atoms with E-state index in [0.29, 0.717) is 18.8 Å². The van der Waals surface area contributed by atoms with E-state index < -0.39 is 10.2 Å². The van der Waals surface area contributed by atoms with Crippen LogP contribution in [0, 0.1) is 21.6 Å². The van der Waals surface area contributed by atoms with Gasteiger partial charge in [0.15, 0.2) is 0 Å². The summed E-state index contributed by atoms with van der Waals surface area (Å²) < 4.78 is 34.0. The lowest BCUT2D eigenvalue weighted by Gasteiger charge is -2.22. The van der Waals surface area contributed by atoms with Crippen LogP contribution in [0.4, 0.5) is 5.69 Å². The molecule has 0 saturated carbocycles. The van der Waals surface area contributed by atoms with E-state index >= 15 is 0 Å². The van der Waals surface area contributed by atoms with E-state index in [0.717, 1.165) is 17.8 Å². The van der Waals surface area contributed by atoms with Crippen LogP contribution in [-0.2, 0) is 10.8 Å². The summed E-state index contributed by atoms with van der Waals surface area (Å²) in [6, 6.07) is 15.3. The van der Waals surface area contributed by atoms with Crippen LogP contribution >= 0.6 is 22.9 Å². The van der Waals surface area contributed by atoms with E-state index in [1.807, 2.05) is 11.3 Å². The fourth-order valence-electron chi connectivity index (χ4n) is 3.00. The summed E-state index contributed by atoms with van der Waals surface area (Å²) in [5.41, 5.74) is 3.77.